The molecule has 2 aromatic carbocycles. The van der Waals surface area contributed by atoms with Crippen LogP contribution >= 0.6 is 24.8 Å². The molecule has 2 heterocycles. The number of halogens is 2. The largest absolute Gasteiger partial charge is 0.299 e. The summed E-state index contributed by atoms with van der Waals surface area (Å²) in [5, 5.41) is 0. The molecule has 2 nitrogen and oxygen atoms in total. The van der Waals surface area contributed by atoms with Crippen molar-refractivity contribution in [1.82, 2.24) is 9.80 Å². The molecular weight excluding hydrogens is 459 g/mol. The van der Waals surface area contributed by atoms with Crippen molar-refractivity contribution in [2.75, 3.05) is 27.2 Å². The van der Waals surface area contributed by atoms with Crippen LogP contribution in [0.1, 0.15) is 111 Å². The van der Waals surface area contributed by atoms with Gasteiger partial charge in [0.15, 0.2) is 0 Å². The molecule has 2 unspecified atom stereocenters. The van der Waals surface area contributed by atoms with Crippen molar-refractivity contribution in [1.29, 1.82) is 0 Å². The number of unbranched alkanes of at least 4 members (excludes halogenated alkanes) is 1. The summed E-state index contributed by atoms with van der Waals surface area (Å²) in [6.45, 7) is 11.8. The fourth-order valence-corrected chi connectivity index (χ4v) is 6.27. The number of hydrogen-bond acceptors (Lipinski definition) is 2. The average Bonchev–Trinajstić information content (AvgIpc) is 2.77. The first-order valence-corrected chi connectivity index (χ1v) is 13.0. The maximum Gasteiger partial charge on any atom is 0.0350 e. The van der Waals surface area contributed by atoms with Crippen LogP contribution in [-0.2, 0) is 12.8 Å². The molecule has 190 valence electrons. The molecule has 0 saturated heterocycles. The van der Waals surface area contributed by atoms with Gasteiger partial charge in [0.1, 0.15) is 0 Å². The van der Waals surface area contributed by atoms with Crippen LogP contribution < -0.4 is 0 Å². The number of rotatable bonds is 7. The molecule has 0 spiro atoms. The third-order valence-corrected chi connectivity index (χ3v) is 8.11. The third kappa shape index (κ3) is 6.01. The minimum atomic E-state index is 0. The second-order valence-corrected chi connectivity index (χ2v) is 10.9. The summed E-state index contributed by atoms with van der Waals surface area (Å²) >= 11 is 0. The molecule has 0 saturated carbocycles. The zero-order chi connectivity index (χ0) is 22.8. The predicted octanol–water partition coefficient (Wildman–Crippen LogP) is 8.10. The van der Waals surface area contributed by atoms with Crippen molar-refractivity contribution in [3.8, 4) is 0 Å². The topological polar surface area (TPSA) is 6.48 Å². The molecule has 0 bridgehead atoms. The highest BCUT2D eigenvalue weighted by atomic mass is 35.5. The van der Waals surface area contributed by atoms with E-state index in [4.69, 9.17) is 0 Å². The first-order chi connectivity index (χ1) is 15.4. The Morgan fingerprint density at radius 3 is 1.41 bits per heavy atom. The zero-order valence-electron chi connectivity index (χ0n) is 22.1. The second-order valence-electron chi connectivity index (χ2n) is 10.9. The summed E-state index contributed by atoms with van der Waals surface area (Å²) < 4.78 is 0. The number of nitrogens with zero attached hydrogens (tertiary/aromatic N) is 2. The molecule has 2 aromatic rings. The van der Waals surface area contributed by atoms with Gasteiger partial charge in [-0.1, -0.05) is 76.9 Å². The van der Waals surface area contributed by atoms with E-state index in [9.17, 15) is 0 Å². The molecule has 0 fully saturated rings. The van der Waals surface area contributed by atoms with Crippen LogP contribution in [0.25, 0.3) is 0 Å². The molecule has 0 N–H and O–H groups in total. The monoisotopic (exact) mass is 504 g/mol. The van der Waals surface area contributed by atoms with Crippen LogP contribution in [-0.4, -0.2) is 37.0 Å². The molecule has 0 amide bonds. The lowest BCUT2D eigenvalue weighted by Gasteiger charge is -2.38. The van der Waals surface area contributed by atoms with Gasteiger partial charge in [-0.25, -0.2) is 0 Å². The Labute approximate surface area is 221 Å². The first kappa shape index (κ1) is 29.2. The van der Waals surface area contributed by atoms with E-state index >= 15 is 0 Å². The van der Waals surface area contributed by atoms with E-state index in [1.807, 2.05) is 0 Å². The summed E-state index contributed by atoms with van der Waals surface area (Å²) in [6, 6.07) is 15.2. The van der Waals surface area contributed by atoms with Crippen molar-refractivity contribution in [3.63, 3.8) is 0 Å². The lowest BCUT2D eigenvalue weighted by atomic mass is 9.81. The van der Waals surface area contributed by atoms with Crippen molar-refractivity contribution < 1.29 is 0 Å². The van der Waals surface area contributed by atoms with E-state index in [0.717, 1.165) is 0 Å². The third-order valence-electron chi connectivity index (χ3n) is 8.11. The van der Waals surface area contributed by atoms with Gasteiger partial charge >= 0.3 is 0 Å². The van der Waals surface area contributed by atoms with Crippen LogP contribution in [0.2, 0.25) is 0 Å². The smallest absolute Gasteiger partial charge is 0.0350 e. The van der Waals surface area contributed by atoms with Gasteiger partial charge in [-0.2, -0.15) is 0 Å². The van der Waals surface area contributed by atoms with Gasteiger partial charge in [0.2, 0.25) is 0 Å². The molecule has 0 aromatic heterocycles. The maximum atomic E-state index is 2.62. The second kappa shape index (κ2) is 12.8. The van der Waals surface area contributed by atoms with Gasteiger partial charge in [-0.05, 0) is 85.0 Å². The maximum absolute atomic E-state index is 2.62. The molecule has 2 aliphatic rings. The van der Waals surface area contributed by atoms with E-state index in [-0.39, 0.29) is 24.8 Å². The highest BCUT2D eigenvalue weighted by molar-refractivity contribution is 5.85. The van der Waals surface area contributed by atoms with Crippen LogP contribution in [0.15, 0.2) is 36.4 Å². The molecule has 2 atom stereocenters. The number of benzene rings is 2. The highest BCUT2D eigenvalue weighted by Crippen LogP contribution is 2.40. The van der Waals surface area contributed by atoms with Gasteiger partial charge in [0, 0.05) is 25.2 Å². The minimum Gasteiger partial charge on any atom is -0.299 e. The first-order valence-electron chi connectivity index (χ1n) is 13.0. The average molecular weight is 506 g/mol. The Bertz CT molecular complexity index is 849. The summed E-state index contributed by atoms with van der Waals surface area (Å²) in [5.74, 6) is 1.20. The van der Waals surface area contributed by atoms with Gasteiger partial charge < -0.3 is 0 Å². The van der Waals surface area contributed by atoms with E-state index < -0.39 is 0 Å². The van der Waals surface area contributed by atoms with E-state index in [0.29, 0.717) is 23.9 Å². The molecule has 0 aliphatic carbocycles. The van der Waals surface area contributed by atoms with Gasteiger partial charge in [-0.3, -0.25) is 9.80 Å². The van der Waals surface area contributed by atoms with Crippen LogP contribution in [0.4, 0.5) is 0 Å². The fourth-order valence-electron chi connectivity index (χ4n) is 6.27. The Hall–Kier alpha value is -1.06. The van der Waals surface area contributed by atoms with Gasteiger partial charge in [0.25, 0.3) is 0 Å². The van der Waals surface area contributed by atoms with Gasteiger partial charge in [0.05, 0.1) is 0 Å². The number of hydrogen-bond donors (Lipinski definition) is 0. The highest BCUT2D eigenvalue weighted by Gasteiger charge is 2.29. The standard InChI is InChI=1S/C30H44N2.2ClH/c1-21(2)25-13-9-11-23-17-19-31(5)27(29(23)25)15-7-8-16-28-30-24(18-20-32(28)6)12-10-14-26(30)22(3)4;;/h9-14,21-22,27-28H,7-8,15-20H2,1-6H3;2*1H. The molecule has 2 aliphatic heterocycles. The zero-order valence-corrected chi connectivity index (χ0v) is 23.8. The molecule has 4 heteroatoms. The summed E-state index contributed by atoms with van der Waals surface area (Å²) in [5.41, 5.74) is 9.64. The fraction of sp³-hybridized carbons (Fsp3) is 0.600. The predicted molar refractivity (Wildman–Crippen MR) is 152 cm³/mol. The Morgan fingerprint density at radius 2 is 1.06 bits per heavy atom. The molecule has 0 radical (unpaired) electrons. The molecular formula is C30H46Cl2N2. The van der Waals surface area contributed by atoms with E-state index in [1.54, 1.807) is 33.4 Å². The summed E-state index contributed by atoms with van der Waals surface area (Å²) in [7, 11) is 4.68. The van der Waals surface area contributed by atoms with Crippen LogP contribution in [0, 0.1) is 0 Å². The van der Waals surface area contributed by atoms with E-state index in [1.165, 1.54) is 51.6 Å². The van der Waals surface area contributed by atoms with E-state index in [2.05, 4.69) is 88.0 Å². The van der Waals surface area contributed by atoms with Crippen LogP contribution in [0.5, 0.6) is 0 Å². The Morgan fingerprint density at radius 1 is 0.676 bits per heavy atom. The minimum absolute atomic E-state index is 0. The van der Waals surface area contributed by atoms with Crippen molar-refractivity contribution in [2.45, 2.75) is 90.1 Å². The van der Waals surface area contributed by atoms with Gasteiger partial charge in [-0.15, -0.1) is 24.8 Å². The lowest BCUT2D eigenvalue weighted by molar-refractivity contribution is 0.198. The summed E-state index contributed by atoms with van der Waals surface area (Å²) in [6.07, 6.45) is 7.58. The number of likely N-dealkylation sites (N-methyl/N-ethyl adjacent to an activating group) is 2. The van der Waals surface area contributed by atoms with Crippen molar-refractivity contribution in [3.05, 3.63) is 69.8 Å². The van der Waals surface area contributed by atoms with Crippen molar-refractivity contribution in [2.24, 2.45) is 0 Å². The molecule has 4 rings (SSSR count). The quantitative estimate of drug-likeness (QED) is 0.351. The normalized spacial score (nSPS) is 20.5. The van der Waals surface area contributed by atoms with Crippen LogP contribution in [0.3, 0.4) is 0 Å². The number of fused-ring (bicyclic) bond motifs is 2. The Kier molecular flexibility index (Phi) is 11.0. The molecule has 34 heavy (non-hydrogen) atoms. The Balaban J connectivity index is 0.00000204. The lowest BCUT2D eigenvalue weighted by Crippen LogP contribution is -2.34. The SMILES string of the molecule is CC(C)c1cccc2c1C(CCCCC1c3c(cccc3C(C)C)CCN1C)N(C)CC2.Cl.Cl. The van der Waals surface area contributed by atoms with Crippen molar-refractivity contribution >= 4 is 24.8 Å². The summed E-state index contributed by atoms with van der Waals surface area (Å²) in [4.78, 5) is 5.24.